The Bertz CT molecular complexity index is 441. The third-order valence-electron chi connectivity index (χ3n) is 3.82. The van der Waals surface area contributed by atoms with E-state index in [1.54, 1.807) is 11.8 Å². The van der Waals surface area contributed by atoms with Crippen molar-refractivity contribution in [3.63, 3.8) is 0 Å². The lowest BCUT2D eigenvalue weighted by Gasteiger charge is -2.19. The molecule has 2 amide bonds. The molecular weight excluding hydrogens is 284 g/mol. The Kier molecular flexibility index (Phi) is 6.39. The summed E-state index contributed by atoms with van der Waals surface area (Å²) >= 11 is 1.75. The van der Waals surface area contributed by atoms with Crippen LogP contribution in [0.2, 0.25) is 0 Å². The maximum absolute atomic E-state index is 11.8. The number of amides is 2. The number of hydrogen-bond donors (Lipinski definition) is 2. The van der Waals surface area contributed by atoms with Gasteiger partial charge in [0, 0.05) is 30.9 Å². The number of carbonyl (C=O) groups excluding carboxylic acids is 1. The Morgan fingerprint density at radius 2 is 2.14 bits per heavy atom. The van der Waals surface area contributed by atoms with Crippen LogP contribution in [-0.2, 0) is 4.74 Å². The van der Waals surface area contributed by atoms with Crippen LogP contribution in [0, 0.1) is 5.92 Å². The molecule has 0 unspecified atom stereocenters. The molecular formula is C16H24N2O2S. The van der Waals surface area contributed by atoms with Crippen LogP contribution >= 0.6 is 11.8 Å². The van der Waals surface area contributed by atoms with Crippen LogP contribution in [-0.4, -0.2) is 37.2 Å². The van der Waals surface area contributed by atoms with Gasteiger partial charge in [0.15, 0.2) is 0 Å². The van der Waals surface area contributed by atoms with Crippen molar-refractivity contribution in [2.24, 2.45) is 5.92 Å². The van der Waals surface area contributed by atoms with Gasteiger partial charge in [0.2, 0.25) is 0 Å². The molecule has 1 aliphatic heterocycles. The Labute approximate surface area is 131 Å². The molecule has 1 fully saturated rings. The van der Waals surface area contributed by atoms with Crippen LogP contribution in [0.4, 0.5) is 4.79 Å². The topological polar surface area (TPSA) is 50.4 Å². The van der Waals surface area contributed by atoms with Crippen molar-refractivity contribution in [1.82, 2.24) is 10.6 Å². The lowest BCUT2D eigenvalue weighted by molar-refractivity contribution is 0.0910. The van der Waals surface area contributed by atoms with Gasteiger partial charge in [-0.05, 0) is 18.2 Å². The molecule has 116 valence electrons. The van der Waals surface area contributed by atoms with Crippen LogP contribution < -0.4 is 10.6 Å². The van der Waals surface area contributed by atoms with Crippen molar-refractivity contribution in [1.29, 1.82) is 0 Å². The van der Waals surface area contributed by atoms with E-state index in [4.69, 9.17) is 4.74 Å². The summed E-state index contributed by atoms with van der Waals surface area (Å²) in [5.41, 5.74) is 1.19. The van der Waals surface area contributed by atoms with Gasteiger partial charge in [0.05, 0.1) is 6.10 Å². The summed E-state index contributed by atoms with van der Waals surface area (Å²) in [6.07, 6.45) is 3.13. The first-order chi connectivity index (χ1) is 10.2. The van der Waals surface area contributed by atoms with E-state index < -0.39 is 0 Å². The van der Waals surface area contributed by atoms with Crippen molar-refractivity contribution < 1.29 is 9.53 Å². The fourth-order valence-corrected chi connectivity index (χ4v) is 2.71. The SMILES string of the molecule is CS[C@@H](C)CNC(=O)NC[C@H]1CCO[C@@H]1c1ccccc1. The maximum Gasteiger partial charge on any atom is 0.314 e. The zero-order valence-corrected chi connectivity index (χ0v) is 13.5. The lowest BCUT2D eigenvalue weighted by atomic mass is 9.95. The van der Waals surface area contributed by atoms with E-state index in [-0.39, 0.29) is 12.1 Å². The molecule has 0 saturated carbocycles. The first kappa shape index (κ1) is 16.2. The molecule has 1 aliphatic rings. The lowest BCUT2D eigenvalue weighted by Crippen LogP contribution is -2.40. The van der Waals surface area contributed by atoms with Gasteiger partial charge in [0.1, 0.15) is 0 Å². The third-order valence-corrected chi connectivity index (χ3v) is 4.79. The minimum Gasteiger partial charge on any atom is -0.373 e. The van der Waals surface area contributed by atoms with Crippen LogP contribution in [0.5, 0.6) is 0 Å². The summed E-state index contributed by atoms with van der Waals surface area (Å²) in [4.78, 5) is 11.8. The summed E-state index contributed by atoms with van der Waals surface area (Å²) in [6.45, 7) is 4.20. The van der Waals surface area contributed by atoms with Crippen molar-refractivity contribution in [2.45, 2.75) is 24.7 Å². The van der Waals surface area contributed by atoms with Crippen molar-refractivity contribution in [2.75, 3.05) is 26.0 Å². The smallest absolute Gasteiger partial charge is 0.314 e. The fraction of sp³-hybridized carbons (Fsp3) is 0.562. The molecule has 1 aromatic carbocycles. The van der Waals surface area contributed by atoms with Crippen LogP contribution in [0.25, 0.3) is 0 Å². The van der Waals surface area contributed by atoms with Gasteiger partial charge in [-0.15, -0.1) is 0 Å². The molecule has 3 atom stereocenters. The molecule has 0 aliphatic carbocycles. The minimum atomic E-state index is -0.0883. The van der Waals surface area contributed by atoms with Gasteiger partial charge in [-0.2, -0.15) is 11.8 Å². The number of ether oxygens (including phenoxy) is 1. The molecule has 2 rings (SSSR count). The van der Waals surface area contributed by atoms with E-state index in [2.05, 4.69) is 29.7 Å². The Hall–Kier alpha value is -1.20. The second-order valence-electron chi connectivity index (χ2n) is 5.39. The van der Waals surface area contributed by atoms with Crippen molar-refractivity contribution in [3.05, 3.63) is 35.9 Å². The van der Waals surface area contributed by atoms with Gasteiger partial charge < -0.3 is 15.4 Å². The number of urea groups is 1. The van der Waals surface area contributed by atoms with Crippen LogP contribution in [0.3, 0.4) is 0 Å². The van der Waals surface area contributed by atoms with E-state index in [9.17, 15) is 4.79 Å². The fourth-order valence-electron chi connectivity index (χ4n) is 2.46. The minimum absolute atomic E-state index is 0.0883. The van der Waals surface area contributed by atoms with Crippen LogP contribution in [0.15, 0.2) is 30.3 Å². The molecule has 4 nitrogen and oxygen atoms in total. The predicted octanol–water partition coefficient (Wildman–Crippen LogP) is 2.81. The third kappa shape index (κ3) is 4.93. The number of carbonyl (C=O) groups is 1. The summed E-state index contributed by atoms with van der Waals surface area (Å²) in [6, 6.07) is 10.1. The van der Waals surface area contributed by atoms with Crippen molar-refractivity contribution in [3.8, 4) is 0 Å². The van der Waals surface area contributed by atoms with Gasteiger partial charge in [-0.1, -0.05) is 37.3 Å². The Morgan fingerprint density at radius 3 is 2.86 bits per heavy atom. The molecule has 0 aromatic heterocycles. The van der Waals surface area contributed by atoms with E-state index in [1.165, 1.54) is 5.56 Å². The number of rotatable bonds is 6. The summed E-state index contributed by atoms with van der Waals surface area (Å²) < 4.78 is 5.82. The highest BCUT2D eigenvalue weighted by Gasteiger charge is 2.29. The van der Waals surface area contributed by atoms with Crippen molar-refractivity contribution >= 4 is 17.8 Å². The summed E-state index contributed by atoms with van der Waals surface area (Å²) in [5, 5.41) is 6.30. The Morgan fingerprint density at radius 1 is 1.38 bits per heavy atom. The van der Waals surface area contributed by atoms with Crippen LogP contribution in [0.1, 0.15) is 25.0 Å². The molecule has 1 saturated heterocycles. The largest absolute Gasteiger partial charge is 0.373 e. The molecule has 1 heterocycles. The van der Waals surface area contributed by atoms with Gasteiger partial charge in [-0.25, -0.2) is 4.79 Å². The van der Waals surface area contributed by atoms with Gasteiger partial charge in [-0.3, -0.25) is 0 Å². The molecule has 0 radical (unpaired) electrons. The van der Waals surface area contributed by atoms with E-state index in [0.717, 1.165) is 13.0 Å². The maximum atomic E-state index is 11.8. The highest BCUT2D eigenvalue weighted by molar-refractivity contribution is 7.99. The standard InChI is InChI=1S/C16H24N2O2S/c1-12(21-2)10-17-16(19)18-11-14-8-9-20-15(14)13-6-4-3-5-7-13/h3-7,12,14-15H,8-11H2,1-2H3,(H2,17,18,19)/t12-,14+,15+/m0/s1. The quantitative estimate of drug-likeness (QED) is 0.849. The number of hydrogen-bond acceptors (Lipinski definition) is 3. The van der Waals surface area contributed by atoms with E-state index in [1.807, 2.05) is 24.5 Å². The van der Waals surface area contributed by atoms with Gasteiger partial charge in [0.25, 0.3) is 0 Å². The number of thioether (sulfide) groups is 1. The normalized spacial score (nSPS) is 22.8. The molecule has 0 bridgehead atoms. The van der Waals surface area contributed by atoms with E-state index >= 15 is 0 Å². The van der Waals surface area contributed by atoms with Gasteiger partial charge >= 0.3 is 6.03 Å². The molecule has 21 heavy (non-hydrogen) atoms. The number of nitrogens with one attached hydrogen (secondary N) is 2. The Balaban J connectivity index is 1.78. The summed E-state index contributed by atoms with van der Waals surface area (Å²) in [5.74, 6) is 0.344. The molecule has 5 heteroatoms. The number of benzene rings is 1. The highest BCUT2D eigenvalue weighted by atomic mass is 32.2. The molecule has 1 aromatic rings. The zero-order chi connectivity index (χ0) is 15.1. The molecule has 2 N–H and O–H groups in total. The second-order valence-corrected chi connectivity index (χ2v) is 6.66. The first-order valence-electron chi connectivity index (χ1n) is 7.41. The average molecular weight is 308 g/mol. The predicted molar refractivity (Wildman–Crippen MR) is 87.6 cm³/mol. The highest BCUT2D eigenvalue weighted by Crippen LogP contribution is 2.33. The average Bonchev–Trinajstić information content (AvgIpc) is 2.99. The molecule has 0 spiro atoms. The van der Waals surface area contributed by atoms with E-state index in [0.29, 0.717) is 24.3 Å². The zero-order valence-electron chi connectivity index (χ0n) is 12.7. The summed E-state index contributed by atoms with van der Waals surface area (Å²) in [7, 11) is 0. The first-order valence-corrected chi connectivity index (χ1v) is 8.70. The second kappa shape index (κ2) is 8.29. The monoisotopic (exact) mass is 308 g/mol.